The molecule has 0 radical (unpaired) electrons. The van der Waals surface area contributed by atoms with E-state index in [0.29, 0.717) is 5.16 Å². The number of benzene rings is 1. The van der Waals surface area contributed by atoms with Crippen LogP contribution in [0, 0.1) is 0 Å². The fourth-order valence-corrected chi connectivity index (χ4v) is 3.28. The molecule has 19 heavy (non-hydrogen) atoms. The minimum absolute atomic E-state index is 0.0428. The molecule has 0 aliphatic rings. The van der Waals surface area contributed by atoms with Gasteiger partial charge in [-0.1, -0.05) is 33.8 Å². The summed E-state index contributed by atoms with van der Waals surface area (Å²) in [7, 11) is 0. The van der Waals surface area contributed by atoms with Crippen LogP contribution in [0.3, 0.4) is 0 Å². The molecule has 0 fully saturated rings. The van der Waals surface area contributed by atoms with Gasteiger partial charge in [0.05, 0.1) is 0 Å². The largest absolute Gasteiger partial charge is 0.383 e. The predicted octanol–water partition coefficient (Wildman–Crippen LogP) is 2.29. The summed E-state index contributed by atoms with van der Waals surface area (Å²) in [6.45, 7) is 1.92. The number of aromatic amines is 1. The maximum atomic E-state index is 11.3. The van der Waals surface area contributed by atoms with E-state index < -0.39 is 0 Å². The molecule has 1 aromatic heterocycles. The van der Waals surface area contributed by atoms with Gasteiger partial charge in [0.2, 0.25) is 0 Å². The number of nitrogens with zero attached hydrogens (tertiary/aromatic N) is 1. The highest BCUT2D eigenvalue weighted by atomic mass is 79.9. The number of hydrogen-bond donors (Lipinski definition) is 3. The first-order chi connectivity index (χ1) is 8.95. The van der Waals surface area contributed by atoms with Crippen molar-refractivity contribution in [2.24, 2.45) is 5.73 Å². The van der Waals surface area contributed by atoms with Gasteiger partial charge in [-0.15, -0.1) is 0 Å². The normalized spacial score (nSPS) is 12.4. The van der Waals surface area contributed by atoms with Crippen molar-refractivity contribution in [3.05, 3.63) is 44.7 Å². The fourth-order valence-electron chi connectivity index (χ4n) is 1.55. The minimum atomic E-state index is -0.263. The summed E-state index contributed by atoms with van der Waals surface area (Å²) < 4.78 is 0.929. The van der Waals surface area contributed by atoms with Crippen molar-refractivity contribution in [3.8, 4) is 0 Å². The van der Waals surface area contributed by atoms with Crippen molar-refractivity contribution in [2.75, 3.05) is 5.73 Å². The van der Waals surface area contributed by atoms with Crippen LogP contribution in [-0.4, -0.2) is 9.97 Å². The molecular formula is C12H13BrN4OS. The standard InChI is InChI=1S/C12H13BrN4OS/c1-6(14)8-3-2-7(4-9(8)13)19-12-16-10(15)5-11(18)17-12/h2-6H,14H2,1H3,(H3,15,16,17,18)/t6-/m1/s1. The highest BCUT2D eigenvalue weighted by Crippen LogP contribution is 2.30. The van der Waals surface area contributed by atoms with E-state index in [4.69, 9.17) is 11.5 Å². The lowest BCUT2D eigenvalue weighted by Gasteiger charge is -2.09. The second-order valence-electron chi connectivity index (χ2n) is 4.05. The highest BCUT2D eigenvalue weighted by molar-refractivity contribution is 9.10. The summed E-state index contributed by atoms with van der Waals surface area (Å²) in [4.78, 5) is 18.9. The molecular weight excluding hydrogens is 328 g/mol. The fraction of sp³-hybridized carbons (Fsp3) is 0.167. The first kappa shape index (κ1) is 14.1. The summed E-state index contributed by atoms with van der Waals surface area (Å²) in [6.07, 6.45) is 0. The SMILES string of the molecule is C[C@@H](N)c1ccc(Sc2nc(N)cc(=O)[nH]2)cc1Br. The van der Waals surface area contributed by atoms with Gasteiger partial charge in [0.1, 0.15) is 5.82 Å². The van der Waals surface area contributed by atoms with Gasteiger partial charge in [0.15, 0.2) is 5.16 Å². The van der Waals surface area contributed by atoms with Gasteiger partial charge in [-0.3, -0.25) is 4.79 Å². The first-order valence-corrected chi connectivity index (χ1v) is 7.16. The number of rotatable bonds is 3. The highest BCUT2D eigenvalue weighted by Gasteiger charge is 2.08. The Bertz CT molecular complexity index is 656. The van der Waals surface area contributed by atoms with E-state index in [-0.39, 0.29) is 17.4 Å². The number of aromatic nitrogens is 2. The van der Waals surface area contributed by atoms with Crippen molar-refractivity contribution < 1.29 is 0 Å². The molecule has 0 bridgehead atoms. The van der Waals surface area contributed by atoms with Gasteiger partial charge in [-0.05, 0) is 24.6 Å². The summed E-state index contributed by atoms with van der Waals surface area (Å²) in [6, 6.07) is 7.02. The van der Waals surface area contributed by atoms with Crippen LogP contribution in [0.25, 0.3) is 0 Å². The van der Waals surface area contributed by atoms with Crippen LogP contribution in [0.1, 0.15) is 18.5 Å². The molecule has 5 nitrogen and oxygen atoms in total. The number of hydrogen-bond acceptors (Lipinski definition) is 5. The Balaban J connectivity index is 2.29. The molecule has 0 aliphatic carbocycles. The van der Waals surface area contributed by atoms with Crippen molar-refractivity contribution in [1.29, 1.82) is 0 Å². The van der Waals surface area contributed by atoms with E-state index in [0.717, 1.165) is 14.9 Å². The molecule has 100 valence electrons. The summed E-state index contributed by atoms with van der Waals surface area (Å²) >= 11 is 4.81. The molecule has 0 amide bonds. The second kappa shape index (κ2) is 5.77. The Morgan fingerprint density at radius 1 is 1.42 bits per heavy atom. The third-order valence-electron chi connectivity index (χ3n) is 2.42. The zero-order chi connectivity index (χ0) is 14.0. The quantitative estimate of drug-likeness (QED) is 0.744. The van der Waals surface area contributed by atoms with Crippen molar-refractivity contribution in [2.45, 2.75) is 23.0 Å². The summed E-state index contributed by atoms with van der Waals surface area (Å²) in [5.74, 6) is 0.206. The molecule has 2 rings (SSSR count). The molecule has 0 unspecified atom stereocenters. The van der Waals surface area contributed by atoms with Crippen LogP contribution in [0.5, 0.6) is 0 Å². The van der Waals surface area contributed by atoms with Crippen LogP contribution in [0.2, 0.25) is 0 Å². The monoisotopic (exact) mass is 340 g/mol. The molecule has 0 spiro atoms. The number of anilines is 1. The number of halogens is 1. The minimum Gasteiger partial charge on any atom is -0.383 e. The molecule has 1 heterocycles. The van der Waals surface area contributed by atoms with E-state index in [1.165, 1.54) is 17.8 Å². The zero-order valence-corrected chi connectivity index (χ0v) is 12.6. The maximum Gasteiger partial charge on any atom is 0.253 e. The van der Waals surface area contributed by atoms with Gasteiger partial charge < -0.3 is 16.5 Å². The lowest BCUT2D eigenvalue weighted by molar-refractivity contribution is 0.811. The Morgan fingerprint density at radius 2 is 2.16 bits per heavy atom. The molecule has 0 saturated carbocycles. The van der Waals surface area contributed by atoms with Crippen LogP contribution in [0.4, 0.5) is 5.82 Å². The van der Waals surface area contributed by atoms with Gasteiger partial charge in [-0.2, -0.15) is 0 Å². The topological polar surface area (TPSA) is 97.8 Å². The Kier molecular flexibility index (Phi) is 4.28. The van der Waals surface area contributed by atoms with Crippen molar-refractivity contribution in [1.82, 2.24) is 9.97 Å². The van der Waals surface area contributed by atoms with E-state index in [1.54, 1.807) is 0 Å². The molecule has 1 aromatic carbocycles. The zero-order valence-electron chi connectivity index (χ0n) is 10.2. The van der Waals surface area contributed by atoms with E-state index in [2.05, 4.69) is 25.9 Å². The van der Waals surface area contributed by atoms with Crippen molar-refractivity contribution in [3.63, 3.8) is 0 Å². The first-order valence-electron chi connectivity index (χ1n) is 5.55. The molecule has 0 aliphatic heterocycles. The predicted molar refractivity (Wildman–Crippen MR) is 80.1 cm³/mol. The van der Waals surface area contributed by atoms with Crippen molar-refractivity contribution >= 4 is 33.5 Å². The van der Waals surface area contributed by atoms with Crippen LogP contribution in [-0.2, 0) is 0 Å². The number of nitrogen functional groups attached to an aromatic ring is 1. The molecule has 2 aromatic rings. The molecule has 7 heteroatoms. The lowest BCUT2D eigenvalue weighted by Crippen LogP contribution is -2.09. The third-order valence-corrected chi connectivity index (χ3v) is 3.98. The van der Waals surface area contributed by atoms with Gasteiger partial charge in [0, 0.05) is 21.5 Å². The average molecular weight is 341 g/mol. The second-order valence-corrected chi connectivity index (χ2v) is 5.97. The third kappa shape index (κ3) is 3.59. The van der Waals surface area contributed by atoms with E-state index in [9.17, 15) is 4.79 Å². The van der Waals surface area contributed by atoms with Gasteiger partial charge >= 0.3 is 0 Å². The Labute approximate surface area is 122 Å². The van der Waals surface area contributed by atoms with Crippen LogP contribution < -0.4 is 17.0 Å². The van der Waals surface area contributed by atoms with Crippen LogP contribution in [0.15, 0.2) is 43.6 Å². The lowest BCUT2D eigenvalue weighted by atomic mass is 10.1. The maximum absolute atomic E-state index is 11.3. The van der Waals surface area contributed by atoms with Crippen LogP contribution >= 0.6 is 27.7 Å². The summed E-state index contributed by atoms with van der Waals surface area (Å²) in [5, 5.41) is 0.463. The average Bonchev–Trinajstić information content (AvgIpc) is 2.26. The van der Waals surface area contributed by atoms with E-state index >= 15 is 0 Å². The number of nitrogens with one attached hydrogen (secondary N) is 1. The van der Waals surface area contributed by atoms with Gasteiger partial charge in [0.25, 0.3) is 5.56 Å². The Morgan fingerprint density at radius 3 is 2.74 bits per heavy atom. The Hall–Kier alpha value is -1.31. The summed E-state index contributed by atoms with van der Waals surface area (Å²) in [5.41, 5.74) is 12.1. The van der Waals surface area contributed by atoms with E-state index in [1.807, 2.05) is 25.1 Å². The van der Waals surface area contributed by atoms with Gasteiger partial charge in [-0.25, -0.2) is 4.98 Å². The smallest absolute Gasteiger partial charge is 0.253 e. The number of H-pyrrole nitrogens is 1. The number of nitrogens with two attached hydrogens (primary N) is 2. The molecule has 5 N–H and O–H groups in total. The molecule has 1 atom stereocenters. The molecule has 0 saturated heterocycles.